The number of benzene rings is 2. The number of esters is 1. The monoisotopic (exact) mass is 463 g/mol. The first-order chi connectivity index (χ1) is 16.4. The number of ether oxygens (including phenoxy) is 3. The highest BCUT2D eigenvalue weighted by Crippen LogP contribution is 2.47. The molecule has 1 aliphatic carbocycles. The molecule has 2 aromatic rings. The van der Waals surface area contributed by atoms with E-state index in [9.17, 15) is 14.7 Å². The van der Waals surface area contributed by atoms with Crippen LogP contribution in [0.4, 0.5) is 0 Å². The summed E-state index contributed by atoms with van der Waals surface area (Å²) in [6.45, 7) is 3.79. The van der Waals surface area contributed by atoms with E-state index in [1.54, 1.807) is 26.2 Å². The lowest BCUT2D eigenvalue weighted by molar-refractivity contribution is -0.138. The van der Waals surface area contributed by atoms with Gasteiger partial charge in [0.05, 0.1) is 26.4 Å². The van der Waals surface area contributed by atoms with Crippen molar-refractivity contribution in [2.45, 2.75) is 38.5 Å². The molecular formula is C27H29NO6. The maximum Gasteiger partial charge on any atom is 0.336 e. The largest absolute Gasteiger partial charge is 0.504 e. The van der Waals surface area contributed by atoms with E-state index in [1.165, 1.54) is 13.2 Å². The highest BCUT2D eigenvalue weighted by atomic mass is 16.5. The number of phenolic OH excluding ortho intramolecular Hbond substituents is 1. The first-order valence-corrected chi connectivity index (χ1v) is 11.3. The van der Waals surface area contributed by atoms with Gasteiger partial charge in [-0.1, -0.05) is 18.2 Å². The standard InChI is InChI=1S/C27H29NO6/c1-5-34-27(31)24-15(2)28-20-12-18(16-6-9-19(32-3)10-7-16)13-22(30)26(20)25(24)17-8-11-21(29)23(14-17)33-4/h6-11,14,18,25,28-29H,5,12-13H2,1-4H3/t18-,25-/m0/s1. The number of hydrogen-bond acceptors (Lipinski definition) is 7. The number of methoxy groups -OCH3 is 2. The minimum absolute atomic E-state index is 0.0107. The Bertz CT molecular complexity index is 1180. The van der Waals surface area contributed by atoms with Crippen molar-refractivity contribution in [3.8, 4) is 17.2 Å². The molecule has 0 aromatic heterocycles. The van der Waals surface area contributed by atoms with Crippen LogP contribution in [-0.2, 0) is 14.3 Å². The summed E-state index contributed by atoms with van der Waals surface area (Å²) in [5, 5.41) is 13.4. The van der Waals surface area contributed by atoms with Crippen molar-refractivity contribution in [1.82, 2.24) is 5.32 Å². The molecule has 1 aliphatic heterocycles. The quantitative estimate of drug-likeness (QED) is 0.616. The average molecular weight is 464 g/mol. The van der Waals surface area contributed by atoms with Crippen molar-refractivity contribution < 1.29 is 28.9 Å². The number of rotatable bonds is 6. The first kappa shape index (κ1) is 23.4. The van der Waals surface area contributed by atoms with Gasteiger partial charge in [-0.25, -0.2) is 4.79 Å². The molecule has 1 heterocycles. The zero-order valence-corrected chi connectivity index (χ0v) is 19.8. The zero-order chi connectivity index (χ0) is 24.4. The number of carbonyl (C=O) groups excluding carboxylic acids is 2. The van der Waals surface area contributed by atoms with Crippen molar-refractivity contribution in [3.05, 3.63) is 76.1 Å². The summed E-state index contributed by atoms with van der Waals surface area (Å²) in [5.41, 5.74) is 4.15. The summed E-state index contributed by atoms with van der Waals surface area (Å²) in [5.74, 6) is -0.0747. The molecule has 2 aliphatic rings. The van der Waals surface area contributed by atoms with Crippen molar-refractivity contribution >= 4 is 11.8 Å². The van der Waals surface area contributed by atoms with Crippen LogP contribution in [0.25, 0.3) is 0 Å². The molecule has 0 radical (unpaired) electrons. The second-order valence-corrected chi connectivity index (χ2v) is 8.44. The normalized spacial score (nSPS) is 19.9. The molecule has 0 amide bonds. The van der Waals surface area contributed by atoms with Gasteiger partial charge < -0.3 is 24.6 Å². The first-order valence-electron chi connectivity index (χ1n) is 11.3. The third kappa shape index (κ3) is 4.25. The lowest BCUT2D eigenvalue weighted by Crippen LogP contribution is -2.36. The second kappa shape index (κ2) is 9.63. The molecular weight excluding hydrogens is 434 g/mol. The van der Waals surface area contributed by atoms with E-state index in [0.29, 0.717) is 35.2 Å². The van der Waals surface area contributed by atoms with E-state index in [4.69, 9.17) is 14.2 Å². The van der Waals surface area contributed by atoms with Gasteiger partial charge in [0.15, 0.2) is 17.3 Å². The number of Topliss-reactive ketones (excluding diaryl/α,β-unsaturated/α-hetero) is 1. The van der Waals surface area contributed by atoms with Gasteiger partial charge in [0, 0.05) is 29.3 Å². The Morgan fingerprint density at radius 1 is 1.06 bits per heavy atom. The summed E-state index contributed by atoms with van der Waals surface area (Å²) in [6, 6.07) is 12.7. The van der Waals surface area contributed by atoms with Crippen molar-refractivity contribution in [2.75, 3.05) is 20.8 Å². The fourth-order valence-corrected chi connectivity index (χ4v) is 4.84. The number of ketones is 1. The SMILES string of the molecule is CCOC(=O)C1=C(C)NC2=C(C(=O)C[C@@H](c3ccc(OC)cc3)C2)[C@H]1c1ccc(O)c(OC)c1. The highest BCUT2D eigenvalue weighted by Gasteiger charge is 2.41. The maximum absolute atomic E-state index is 13.6. The Labute approximate surface area is 199 Å². The molecule has 2 aromatic carbocycles. The number of dihydropyridines is 1. The number of aromatic hydroxyl groups is 1. The lowest BCUT2D eigenvalue weighted by Gasteiger charge is -2.36. The van der Waals surface area contributed by atoms with E-state index in [0.717, 1.165) is 17.0 Å². The molecule has 4 rings (SSSR count). The zero-order valence-electron chi connectivity index (χ0n) is 19.8. The fraction of sp³-hybridized carbons (Fsp3) is 0.333. The van der Waals surface area contributed by atoms with Crippen molar-refractivity contribution in [3.63, 3.8) is 0 Å². The number of phenols is 1. The molecule has 34 heavy (non-hydrogen) atoms. The van der Waals surface area contributed by atoms with Crippen LogP contribution in [0.2, 0.25) is 0 Å². The maximum atomic E-state index is 13.6. The lowest BCUT2D eigenvalue weighted by atomic mass is 9.71. The van der Waals surface area contributed by atoms with Gasteiger partial charge in [0.1, 0.15) is 5.75 Å². The minimum atomic E-state index is -0.617. The third-order valence-electron chi connectivity index (χ3n) is 6.45. The third-order valence-corrected chi connectivity index (χ3v) is 6.45. The topological polar surface area (TPSA) is 94.1 Å². The van der Waals surface area contributed by atoms with Crippen LogP contribution in [0.3, 0.4) is 0 Å². The van der Waals surface area contributed by atoms with Gasteiger partial charge in [-0.3, -0.25) is 4.79 Å². The van der Waals surface area contributed by atoms with Crippen molar-refractivity contribution in [2.24, 2.45) is 0 Å². The summed E-state index contributed by atoms with van der Waals surface area (Å²) >= 11 is 0. The van der Waals surface area contributed by atoms with Crippen LogP contribution < -0.4 is 14.8 Å². The predicted molar refractivity (Wildman–Crippen MR) is 127 cm³/mol. The van der Waals surface area contributed by atoms with E-state index >= 15 is 0 Å². The van der Waals surface area contributed by atoms with Crippen LogP contribution in [0, 0.1) is 0 Å². The van der Waals surface area contributed by atoms with Crippen LogP contribution in [-0.4, -0.2) is 37.7 Å². The highest BCUT2D eigenvalue weighted by molar-refractivity contribution is 6.04. The van der Waals surface area contributed by atoms with Crippen LogP contribution >= 0.6 is 0 Å². The summed E-state index contributed by atoms with van der Waals surface area (Å²) < 4.78 is 15.9. The molecule has 178 valence electrons. The molecule has 0 spiro atoms. The summed E-state index contributed by atoms with van der Waals surface area (Å²) in [7, 11) is 3.08. The van der Waals surface area contributed by atoms with Gasteiger partial charge in [0.25, 0.3) is 0 Å². The van der Waals surface area contributed by atoms with Crippen LogP contribution in [0.15, 0.2) is 65.0 Å². The Balaban J connectivity index is 1.79. The van der Waals surface area contributed by atoms with Gasteiger partial charge in [-0.05, 0) is 61.6 Å². The minimum Gasteiger partial charge on any atom is -0.504 e. The molecule has 0 bridgehead atoms. The summed E-state index contributed by atoms with van der Waals surface area (Å²) in [4.78, 5) is 26.6. The van der Waals surface area contributed by atoms with E-state index in [1.807, 2.05) is 31.2 Å². The van der Waals surface area contributed by atoms with E-state index < -0.39 is 11.9 Å². The Morgan fingerprint density at radius 3 is 2.41 bits per heavy atom. The molecule has 2 N–H and O–H groups in total. The number of allylic oxidation sites excluding steroid dienone is 3. The summed E-state index contributed by atoms with van der Waals surface area (Å²) in [6.07, 6.45) is 0.959. The van der Waals surface area contributed by atoms with Gasteiger partial charge in [-0.15, -0.1) is 0 Å². The van der Waals surface area contributed by atoms with Crippen molar-refractivity contribution in [1.29, 1.82) is 0 Å². The molecule has 7 heteroatoms. The Kier molecular flexibility index (Phi) is 6.63. The molecule has 0 unspecified atom stereocenters. The van der Waals surface area contributed by atoms with Gasteiger partial charge in [0.2, 0.25) is 0 Å². The fourth-order valence-electron chi connectivity index (χ4n) is 4.84. The molecule has 0 saturated carbocycles. The second-order valence-electron chi connectivity index (χ2n) is 8.44. The van der Waals surface area contributed by atoms with E-state index in [-0.39, 0.29) is 29.8 Å². The molecule has 0 fully saturated rings. The molecule has 0 saturated heterocycles. The van der Waals surface area contributed by atoms with Gasteiger partial charge >= 0.3 is 5.97 Å². The van der Waals surface area contributed by atoms with Crippen LogP contribution in [0.5, 0.6) is 17.2 Å². The number of nitrogens with one attached hydrogen (secondary N) is 1. The Morgan fingerprint density at radius 2 is 1.76 bits per heavy atom. The average Bonchev–Trinajstić information content (AvgIpc) is 2.83. The van der Waals surface area contributed by atoms with E-state index in [2.05, 4.69) is 5.32 Å². The molecule has 7 nitrogen and oxygen atoms in total. The number of carbonyl (C=O) groups is 2. The smallest absolute Gasteiger partial charge is 0.336 e. The predicted octanol–water partition coefficient (Wildman–Crippen LogP) is 4.33. The number of hydrogen-bond donors (Lipinski definition) is 2. The van der Waals surface area contributed by atoms with Gasteiger partial charge in [-0.2, -0.15) is 0 Å². The Hall–Kier alpha value is -3.74. The van der Waals surface area contributed by atoms with Crippen LogP contribution in [0.1, 0.15) is 49.7 Å². The molecule has 2 atom stereocenters.